The largest absolute Gasteiger partial charge is 0.249 e. The summed E-state index contributed by atoms with van der Waals surface area (Å²) < 4.78 is 0.908. The molecule has 96 valence electrons. The number of halogens is 2. The third-order valence-corrected chi connectivity index (χ3v) is 4.64. The van der Waals surface area contributed by atoms with Crippen LogP contribution in [0, 0.1) is 13.8 Å². The van der Waals surface area contributed by atoms with Gasteiger partial charge in [-0.15, -0.1) is 11.3 Å². The maximum Gasteiger partial charge on any atom is 0.173 e. The van der Waals surface area contributed by atoms with E-state index < -0.39 is 0 Å². The van der Waals surface area contributed by atoms with E-state index >= 15 is 0 Å². The summed E-state index contributed by atoms with van der Waals surface area (Å²) in [6.45, 7) is 3.97. The monoisotopic (exact) mass is 353 g/mol. The van der Waals surface area contributed by atoms with Crippen molar-refractivity contribution in [1.82, 2.24) is 15.0 Å². The maximum absolute atomic E-state index is 6.30. The molecule has 0 aliphatic heterocycles. The van der Waals surface area contributed by atoms with Gasteiger partial charge in [-0.05, 0) is 41.4 Å². The first kappa shape index (κ1) is 13.0. The van der Waals surface area contributed by atoms with Crippen molar-refractivity contribution in [1.29, 1.82) is 0 Å². The van der Waals surface area contributed by atoms with Crippen LogP contribution in [0.3, 0.4) is 0 Å². The molecule has 0 bridgehead atoms. The van der Waals surface area contributed by atoms with Gasteiger partial charge >= 0.3 is 0 Å². The van der Waals surface area contributed by atoms with Gasteiger partial charge in [0.1, 0.15) is 5.15 Å². The number of aryl methyl sites for hydroxylation is 2. The van der Waals surface area contributed by atoms with Gasteiger partial charge in [0.2, 0.25) is 0 Å². The van der Waals surface area contributed by atoms with E-state index in [0.717, 1.165) is 30.8 Å². The van der Waals surface area contributed by atoms with Crippen molar-refractivity contribution in [2.45, 2.75) is 13.8 Å². The SMILES string of the molecule is Cc1ncc(-c2nc(Cl)c3c(Br)ccc(C)c3n2)s1. The summed E-state index contributed by atoms with van der Waals surface area (Å²) in [6.07, 6.45) is 1.78. The van der Waals surface area contributed by atoms with Gasteiger partial charge < -0.3 is 0 Å². The van der Waals surface area contributed by atoms with Crippen LogP contribution in [-0.4, -0.2) is 15.0 Å². The molecule has 2 heterocycles. The van der Waals surface area contributed by atoms with Crippen LogP contribution < -0.4 is 0 Å². The highest BCUT2D eigenvalue weighted by Crippen LogP contribution is 2.33. The zero-order chi connectivity index (χ0) is 13.6. The van der Waals surface area contributed by atoms with Gasteiger partial charge in [-0.25, -0.2) is 15.0 Å². The number of rotatable bonds is 1. The highest BCUT2D eigenvalue weighted by atomic mass is 79.9. The third-order valence-electron chi connectivity index (χ3n) is 2.80. The molecular formula is C13H9BrClN3S. The van der Waals surface area contributed by atoms with Gasteiger partial charge in [0.15, 0.2) is 5.82 Å². The predicted octanol–water partition coefficient (Wildman–Crippen LogP) is 4.79. The Hall–Kier alpha value is -1.04. The molecule has 0 aliphatic rings. The number of fused-ring (bicyclic) bond motifs is 1. The smallest absolute Gasteiger partial charge is 0.173 e. The Morgan fingerprint density at radius 2 is 2.00 bits per heavy atom. The van der Waals surface area contributed by atoms with E-state index in [9.17, 15) is 0 Å². The molecule has 0 fully saturated rings. The Morgan fingerprint density at radius 3 is 2.68 bits per heavy atom. The minimum Gasteiger partial charge on any atom is -0.249 e. The lowest BCUT2D eigenvalue weighted by atomic mass is 10.1. The molecule has 0 N–H and O–H groups in total. The number of benzene rings is 1. The molecule has 19 heavy (non-hydrogen) atoms. The van der Waals surface area contributed by atoms with Gasteiger partial charge in [-0.3, -0.25) is 0 Å². The first-order valence-electron chi connectivity index (χ1n) is 5.61. The second-order valence-electron chi connectivity index (χ2n) is 4.17. The minimum atomic E-state index is 0.460. The van der Waals surface area contributed by atoms with Gasteiger partial charge in [-0.2, -0.15) is 0 Å². The second kappa shape index (κ2) is 4.81. The van der Waals surface area contributed by atoms with E-state index in [-0.39, 0.29) is 0 Å². The Kier molecular flexibility index (Phi) is 3.28. The summed E-state index contributed by atoms with van der Waals surface area (Å²) in [5.41, 5.74) is 1.94. The summed E-state index contributed by atoms with van der Waals surface area (Å²) in [5.74, 6) is 0.629. The Labute approximate surface area is 127 Å². The third kappa shape index (κ3) is 2.26. The molecule has 0 spiro atoms. The fourth-order valence-electron chi connectivity index (χ4n) is 1.87. The molecule has 0 aliphatic carbocycles. The molecule has 0 atom stereocenters. The molecule has 0 saturated carbocycles. The van der Waals surface area contributed by atoms with Crippen molar-refractivity contribution < 1.29 is 0 Å². The highest BCUT2D eigenvalue weighted by Gasteiger charge is 2.13. The van der Waals surface area contributed by atoms with Gasteiger partial charge in [0, 0.05) is 10.7 Å². The fourth-order valence-corrected chi connectivity index (χ4v) is 3.47. The lowest BCUT2D eigenvalue weighted by Crippen LogP contribution is -1.93. The molecule has 0 radical (unpaired) electrons. The van der Waals surface area contributed by atoms with E-state index in [2.05, 4.69) is 30.9 Å². The van der Waals surface area contributed by atoms with E-state index in [1.165, 1.54) is 0 Å². The van der Waals surface area contributed by atoms with Gasteiger partial charge in [0.05, 0.1) is 20.8 Å². The molecule has 3 rings (SSSR count). The number of thiazole rings is 1. The zero-order valence-electron chi connectivity index (χ0n) is 10.2. The topological polar surface area (TPSA) is 38.7 Å². The van der Waals surface area contributed by atoms with Crippen molar-refractivity contribution in [2.24, 2.45) is 0 Å². The molecule has 1 aromatic carbocycles. The van der Waals surface area contributed by atoms with Crippen molar-refractivity contribution in [3.63, 3.8) is 0 Å². The van der Waals surface area contributed by atoms with Crippen molar-refractivity contribution in [2.75, 3.05) is 0 Å². The van der Waals surface area contributed by atoms with Gasteiger partial charge in [0.25, 0.3) is 0 Å². The molecule has 2 aromatic heterocycles. The lowest BCUT2D eigenvalue weighted by molar-refractivity contribution is 1.22. The Balaban J connectivity index is 2.33. The molecule has 3 aromatic rings. The summed E-state index contributed by atoms with van der Waals surface area (Å²) in [4.78, 5) is 14.2. The first-order valence-corrected chi connectivity index (χ1v) is 7.60. The average molecular weight is 355 g/mol. The number of nitrogens with zero attached hydrogens (tertiary/aromatic N) is 3. The van der Waals surface area contributed by atoms with E-state index in [1.54, 1.807) is 17.5 Å². The van der Waals surface area contributed by atoms with Crippen LogP contribution in [0.15, 0.2) is 22.8 Å². The quantitative estimate of drug-likeness (QED) is 0.590. The number of hydrogen-bond donors (Lipinski definition) is 0. The maximum atomic E-state index is 6.30. The molecular weight excluding hydrogens is 346 g/mol. The van der Waals surface area contributed by atoms with Crippen molar-refractivity contribution in [3.8, 4) is 10.7 Å². The van der Waals surface area contributed by atoms with Gasteiger partial charge in [-0.1, -0.05) is 17.7 Å². The lowest BCUT2D eigenvalue weighted by Gasteiger charge is -2.07. The zero-order valence-corrected chi connectivity index (χ0v) is 13.4. The minimum absolute atomic E-state index is 0.460. The second-order valence-corrected chi connectivity index (χ2v) is 6.62. The molecule has 0 saturated heterocycles. The molecule has 0 amide bonds. The fraction of sp³-hybridized carbons (Fsp3) is 0.154. The van der Waals surface area contributed by atoms with Crippen molar-refractivity contribution in [3.05, 3.63) is 38.5 Å². The van der Waals surface area contributed by atoms with Crippen LogP contribution in [0.1, 0.15) is 10.6 Å². The first-order chi connectivity index (χ1) is 9.06. The summed E-state index contributed by atoms with van der Waals surface area (Å²) in [6, 6.07) is 3.97. The highest BCUT2D eigenvalue weighted by molar-refractivity contribution is 9.10. The number of hydrogen-bond acceptors (Lipinski definition) is 4. The summed E-state index contributed by atoms with van der Waals surface area (Å²) >= 11 is 11.4. The standard InChI is InChI=1S/C13H9BrClN3S/c1-6-3-4-8(14)10-11(6)17-13(18-12(10)15)9-5-16-7(2)19-9/h3-5H,1-2H3. The van der Waals surface area contributed by atoms with Crippen LogP contribution in [0.5, 0.6) is 0 Å². The van der Waals surface area contributed by atoms with E-state index in [1.807, 2.05) is 26.0 Å². The van der Waals surface area contributed by atoms with Crippen LogP contribution in [0.4, 0.5) is 0 Å². The average Bonchev–Trinajstić information content (AvgIpc) is 2.80. The van der Waals surface area contributed by atoms with E-state index in [4.69, 9.17) is 11.6 Å². The van der Waals surface area contributed by atoms with Crippen molar-refractivity contribution >= 4 is 49.8 Å². The normalized spacial score (nSPS) is 11.2. The molecule has 3 nitrogen and oxygen atoms in total. The Bertz CT molecular complexity index is 785. The predicted molar refractivity (Wildman–Crippen MR) is 82.8 cm³/mol. The summed E-state index contributed by atoms with van der Waals surface area (Å²) in [5, 5.41) is 2.30. The molecule has 6 heteroatoms. The van der Waals surface area contributed by atoms with Crippen LogP contribution in [0.2, 0.25) is 5.15 Å². The molecule has 0 unspecified atom stereocenters. The number of aromatic nitrogens is 3. The van der Waals surface area contributed by atoms with Crippen LogP contribution >= 0.6 is 38.9 Å². The van der Waals surface area contributed by atoms with E-state index in [0.29, 0.717) is 11.0 Å². The Morgan fingerprint density at radius 1 is 1.21 bits per heavy atom. The van der Waals surface area contributed by atoms with Crippen LogP contribution in [-0.2, 0) is 0 Å². The summed E-state index contributed by atoms with van der Waals surface area (Å²) in [7, 11) is 0. The van der Waals surface area contributed by atoms with Crippen LogP contribution in [0.25, 0.3) is 21.6 Å².